The van der Waals surface area contributed by atoms with Gasteiger partial charge in [0.2, 0.25) is 0 Å². The highest BCUT2D eigenvalue weighted by Gasteiger charge is 2.13. The second-order valence-corrected chi connectivity index (χ2v) is 4.71. The van der Waals surface area contributed by atoms with Crippen molar-refractivity contribution in [3.8, 4) is 5.75 Å². The van der Waals surface area contributed by atoms with E-state index in [9.17, 15) is 9.90 Å². The third-order valence-corrected chi connectivity index (χ3v) is 2.98. The molecule has 0 saturated heterocycles. The smallest absolute Gasteiger partial charge is 0.259 e. The van der Waals surface area contributed by atoms with Gasteiger partial charge < -0.3 is 10.4 Å². The van der Waals surface area contributed by atoms with Gasteiger partial charge in [0.05, 0.1) is 5.56 Å². The zero-order chi connectivity index (χ0) is 13.8. The first kappa shape index (κ1) is 13.1. The molecule has 0 radical (unpaired) electrons. The van der Waals surface area contributed by atoms with E-state index in [-0.39, 0.29) is 17.2 Å². The molecule has 0 fully saturated rings. The fraction of sp³-hybridized carbons (Fsp3) is 0.188. The predicted molar refractivity (Wildman–Crippen MR) is 76.6 cm³/mol. The third-order valence-electron chi connectivity index (χ3n) is 2.98. The van der Waals surface area contributed by atoms with E-state index in [0.717, 1.165) is 11.3 Å². The molecule has 0 atom stereocenters. The molecule has 0 saturated carbocycles. The first-order valence-electron chi connectivity index (χ1n) is 6.28. The molecule has 98 valence electrons. The number of benzene rings is 2. The summed E-state index contributed by atoms with van der Waals surface area (Å²) in [6.07, 6.45) is 0. The lowest BCUT2D eigenvalue weighted by atomic mass is 10.0. The highest BCUT2D eigenvalue weighted by atomic mass is 16.3. The highest BCUT2D eigenvalue weighted by molar-refractivity contribution is 6.06. The summed E-state index contributed by atoms with van der Waals surface area (Å²) in [5.41, 5.74) is 2.14. The van der Waals surface area contributed by atoms with Crippen molar-refractivity contribution < 1.29 is 9.90 Å². The summed E-state index contributed by atoms with van der Waals surface area (Å²) in [4.78, 5) is 12.1. The number of rotatable bonds is 3. The van der Waals surface area contributed by atoms with E-state index < -0.39 is 0 Å². The van der Waals surface area contributed by atoms with Crippen LogP contribution in [0.5, 0.6) is 5.75 Å². The van der Waals surface area contributed by atoms with Crippen LogP contribution >= 0.6 is 0 Å². The third kappa shape index (κ3) is 2.94. The Labute approximate surface area is 112 Å². The van der Waals surface area contributed by atoms with Gasteiger partial charge >= 0.3 is 0 Å². The second-order valence-electron chi connectivity index (χ2n) is 4.71. The predicted octanol–water partition coefficient (Wildman–Crippen LogP) is 3.77. The summed E-state index contributed by atoms with van der Waals surface area (Å²) in [7, 11) is 0. The van der Waals surface area contributed by atoms with E-state index in [0.29, 0.717) is 5.92 Å². The van der Waals surface area contributed by atoms with Gasteiger partial charge in [0.25, 0.3) is 5.91 Å². The van der Waals surface area contributed by atoms with E-state index in [1.807, 2.05) is 24.3 Å². The maximum Gasteiger partial charge on any atom is 0.259 e. The molecule has 3 heteroatoms. The molecule has 2 aromatic carbocycles. The number of anilines is 1. The highest BCUT2D eigenvalue weighted by Crippen LogP contribution is 2.25. The zero-order valence-corrected chi connectivity index (χ0v) is 11.1. The molecular formula is C16H17NO2. The summed E-state index contributed by atoms with van der Waals surface area (Å²) in [5, 5.41) is 12.5. The van der Waals surface area contributed by atoms with E-state index >= 15 is 0 Å². The summed E-state index contributed by atoms with van der Waals surface area (Å²) < 4.78 is 0. The lowest BCUT2D eigenvalue weighted by Crippen LogP contribution is -2.13. The van der Waals surface area contributed by atoms with Gasteiger partial charge in [-0.1, -0.05) is 44.2 Å². The molecule has 0 aromatic heterocycles. The molecule has 0 aliphatic heterocycles. The number of nitrogens with one attached hydrogen (secondary N) is 1. The minimum atomic E-state index is -0.300. The summed E-state index contributed by atoms with van der Waals surface area (Å²) >= 11 is 0. The first-order valence-corrected chi connectivity index (χ1v) is 6.28. The molecule has 0 aliphatic rings. The SMILES string of the molecule is CC(C)c1ccccc1NC(=O)c1ccccc1O. The number of hydrogen-bond acceptors (Lipinski definition) is 2. The van der Waals surface area contributed by atoms with Gasteiger partial charge in [0, 0.05) is 5.69 Å². The van der Waals surface area contributed by atoms with Gasteiger partial charge in [-0.2, -0.15) is 0 Å². The Hall–Kier alpha value is -2.29. The molecular weight excluding hydrogens is 238 g/mol. The van der Waals surface area contributed by atoms with E-state index in [1.165, 1.54) is 6.07 Å². The fourth-order valence-corrected chi connectivity index (χ4v) is 1.97. The summed E-state index contributed by atoms with van der Waals surface area (Å²) in [6, 6.07) is 14.2. The van der Waals surface area contributed by atoms with Crippen LogP contribution in [0.15, 0.2) is 48.5 Å². The van der Waals surface area contributed by atoms with Gasteiger partial charge in [0.1, 0.15) is 5.75 Å². The van der Waals surface area contributed by atoms with Crippen molar-refractivity contribution in [1.82, 2.24) is 0 Å². The Balaban J connectivity index is 2.27. The van der Waals surface area contributed by atoms with Gasteiger partial charge in [-0.05, 0) is 29.7 Å². The lowest BCUT2D eigenvalue weighted by Gasteiger charge is -2.14. The van der Waals surface area contributed by atoms with Crippen LogP contribution in [0.3, 0.4) is 0 Å². The number of carbonyl (C=O) groups is 1. The summed E-state index contributed by atoms with van der Waals surface area (Å²) in [5.74, 6) is 0.00842. The largest absolute Gasteiger partial charge is 0.507 e. The number of aromatic hydroxyl groups is 1. The van der Waals surface area contributed by atoms with Crippen molar-refractivity contribution >= 4 is 11.6 Å². The zero-order valence-electron chi connectivity index (χ0n) is 11.1. The van der Waals surface area contributed by atoms with Crippen LogP contribution in [-0.2, 0) is 0 Å². The second kappa shape index (κ2) is 5.57. The van der Waals surface area contributed by atoms with Crippen molar-refractivity contribution in [2.45, 2.75) is 19.8 Å². The first-order chi connectivity index (χ1) is 9.09. The van der Waals surface area contributed by atoms with Crippen LogP contribution in [0.4, 0.5) is 5.69 Å². The molecule has 0 aliphatic carbocycles. The lowest BCUT2D eigenvalue weighted by molar-refractivity contribution is 0.102. The Morgan fingerprint density at radius 2 is 1.68 bits per heavy atom. The van der Waals surface area contributed by atoms with Gasteiger partial charge in [-0.25, -0.2) is 0 Å². The number of hydrogen-bond donors (Lipinski definition) is 2. The Morgan fingerprint density at radius 3 is 2.37 bits per heavy atom. The van der Waals surface area contributed by atoms with Crippen molar-refractivity contribution in [3.05, 3.63) is 59.7 Å². The molecule has 0 spiro atoms. The number of amides is 1. The Kier molecular flexibility index (Phi) is 3.85. The molecule has 2 aromatic rings. The quantitative estimate of drug-likeness (QED) is 0.877. The average molecular weight is 255 g/mol. The molecule has 2 N–H and O–H groups in total. The van der Waals surface area contributed by atoms with Crippen LogP contribution in [0, 0.1) is 0 Å². The maximum atomic E-state index is 12.1. The van der Waals surface area contributed by atoms with Crippen molar-refractivity contribution in [3.63, 3.8) is 0 Å². The van der Waals surface area contributed by atoms with Crippen LogP contribution in [0.1, 0.15) is 35.7 Å². The number of para-hydroxylation sites is 2. The van der Waals surface area contributed by atoms with Crippen LogP contribution in [-0.4, -0.2) is 11.0 Å². The monoisotopic (exact) mass is 255 g/mol. The normalized spacial score (nSPS) is 10.5. The van der Waals surface area contributed by atoms with Gasteiger partial charge in [-0.15, -0.1) is 0 Å². The minimum Gasteiger partial charge on any atom is -0.507 e. The van der Waals surface area contributed by atoms with Crippen LogP contribution in [0.25, 0.3) is 0 Å². The van der Waals surface area contributed by atoms with Gasteiger partial charge in [-0.3, -0.25) is 4.79 Å². The molecule has 3 nitrogen and oxygen atoms in total. The van der Waals surface area contributed by atoms with E-state index in [1.54, 1.807) is 18.2 Å². The minimum absolute atomic E-state index is 0.0120. The topological polar surface area (TPSA) is 49.3 Å². The molecule has 0 heterocycles. The standard InChI is InChI=1S/C16H17NO2/c1-11(2)12-7-3-5-9-14(12)17-16(19)13-8-4-6-10-15(13)18/h3-11,18H,1-2H3,(H,17,19). The molecule has 2 rings (SSSR count). The Morgan fingerprint density at radius 1 is 1.05 bits per heavy atom. The molecule has 19 heavy (non-hydrogen) atoms. The average Bonchev–Trinajstić information content (AvgIpc) is 2.39. The maximum absolute atomic E-state index is 12.1. The number of carbonyl (C=O) groups excluding carboxylic acids is 1. The number of phenols is 1. The number of phenolic OH excluding ortho intramolecular Hbond substituents is 1. The molecule has 1 amide bonds. The van der Waals surface area contributed by atoms with Crippen LogP contribution < -0.4 is 5.32 Å². The van der Waals surface area contributed by atoms with Gasteiger partial charge in [0.15, 0.2) is 0 Å². The van der Waals surface area contributed by atoms with Crippen molar-refractivity contribution in [2.24, 2.45) is 0 Å². The van der Waals surface area contributed by atoms with Crippen LogP contribution in [0.2, 0.25) is 0 Å². The fourth-order valence-electron chi connectivity index (χ4n) is 1.97. The molecule has 0 unspecified atom stereocenters. The summed E-state index contributed by atoms with van der Waals surface area (Å²) in [6.45, 7) is 4.15. The Bertz CT molecular complexity index is 591. The van der Waals surface area contributed by atoms with E-state index in [4.69, 9.17) is 0 Å². The van der Waals surface area contributed by atoms with E-state index in [2.05, 4.69) is 19.2 Å². The van der Waals surface area contributed by atoms with Crippen molar-refractivity contribution in [2.75, 3.05) is 5.32 Å². The molecule has 0 bridgehead atoms. The van der Waals surface area contributed by atoms with Crippen molar-refractivity contribution in [1.29, 1.82) is 0 Å².